The third-order valence-electron chi connectivity index (χ3n) is 6.21. The van der Waals surface area contributed by atoms with Gasteiger partial charge in [0.1, 0.15) is 11.4 Å². The fourth-order valence-electron chi connectivity index (χ4n) is 4.44. The predicted octanol–water partition coefficient (Wildman–Crippen LogP) is 3.92. The van der Waals surface area contributed by atoms with Crippen molar-refractivity contribution in [1.82, 2.24) is 20.4 Å². The predicted molar refractivity (Wildman–Crippen MR) is 126 cm³/mol. The number of carbonyl (C=O) groups is 1. The van der Waals surface area contributed by atoms with Crippen LogP contribution in [-0.2, 0) is 6.42 Å². The molecular weight excluding hydrogens is 418 g/mol. The van der Waals surface area contributed by atoms with E-state index in [1.165, 1.54) is 5.56 Å². The summed E-state index contributed by atoms with van der Waals surface area (Å²) in [6.45, 7) is 2.14. The van der Waals surface area contributed by atoms with Gasteiger partial charge in [-0.2, -0.15) is 4.98 Å². The number of aromatic nitrogens is 3. The molecule has 33 heavy (non-hydrogen) atoms. The van der Waals surface area contributed by atoms with Crippen molar-refractivity contribution in [2.75, 3.05) is 31.6 Å². The Bertz CT molecular complexity index is 1210. The number of fused-ring (bicyclic) bond motifs is 1. The fourth-order valence-corrected chi connectivity index (χ4v) is 4.44. The smallest absolute Gasteiger partial charge is 0.267 e. The highest BCUT2D eigenvalue weighted by atomic mass is 16.5. The maximum absolute atomic E-state index is 12.4. The molecule has 3 heterocycles. The lowest BCUT2D eigenvalue weighted by atomic mass is 9.89. The number of benzene rings is 2. The Hall–Kier alpha value is -3.81. The molecular formula is C25H27N5O3. The van der Waals surface area contributed by atoms with Crippen LogP contribution in [0, 0.1) is 0 Å². The van der Waals surface area contributed by atoms with Crippen molar-refractivity contribution in [1.29, 1.82) is 0 Å². The molecule has 0 unspecified atom stereocenters. The van der Waals surface area contributed by atoms with Crippen molar-refractivity contribution < 1.29 is 14.1 Å². The van der Waals surface area contributed by atoms with Gasteiger partial charge in [-0.1, -0.05) is 36.4 Å². The van der Waals surface area contributed by atoms with E-state index in [9.17, 15) is 4.79 Å². The third-order valence-corrected chi connectivity index (χ3v) is 6.21. The number of rotatable bonds is 7. The van der Waals surface area contributed by atoms with Crippen LogP contribution in [0.3, 0.4) is 0 Å². The van der Waals surface area contributed by atoms with Gasteiger partial charge in [-0.05, 0) is 47.7 Å². The van der Waals surface area contributed by atoms with Crippen LogP contribution in [0.25, 0.3) is 10.9 Å². The molecule has 8 heteroatoms. The molecule has 0 saturated carbocycles. The lowest BCUT2D eigenvalue weighted by molar-refractivity contribution is 0.0949. The molecule has 5 rings (SSSR count). The van der Waals surface area contributed by atoms with Crippen LogP contribution in [-0.4, -0.2) is 47.8 Å². The van der Waals surface area contributed by atoms with Gasteiger partial charge in [0, 0.05) is 37.0 Å². The van der Waals surface area contributed by atoms with E-state index >= 15 is 0 Å². The second-order valence-electron chi connectivity index (χ2n) is 8.27. The van der Waals surface area contributed by atoms with Crippen LogP contribution >= 0.6 is 0 Å². The number of anilines is 1. The van der Waals surface area contributed by atoms with Gasteiger partial charge in [0.05, 0.1) is 7.11 Å². The molecule has 1 fully saturated rings. The number of nitrogens with one attached hydrogen (secondary N) is 2. The molecule has 1 saturated heterocycles. The van der Waals surface area contributed by atoms with Crippen LogP contribution < -0.4 is 15.0 Å². The van der Waals surface area contributed by atoms with Crippen molar-refractivity contribution >= 4 is 22.8 Å². The van der Waals surface area contributed by atoms with E-state index in [1.807, 2.05) is 42.5 Å². The molecule has 2 aromatic carbocycles. The molecule has 0 radical (unpaired) electrons. The fraction of sp³-hybridized carbons (Fsp3) is 0.320. The van der Waals surface area contributed by atoms with Gasteiger partial charge in [0.15, 0.2) is 0 Å². The number of H-pyrrole nitrogens is 1. The molecule has 0 bridgehead atoms. The highest BCUT2D eigenvalue weighted by molar-refractivity contribution is 5.97. The first-order valence-electron chi connectivity index (χ1n) is 11.3. The maximum Gasteiger partial charge on any atom is 0.267 e. The van der Waals surface area contributed by atoms with E-state index in [2.05, 4.69) is 37.5 Å². The van der Waals surface area contributed by atoms with Gasteiger partial charge >= 0.3 is 0 Å². The summed E-state index contributed by atoms with van der Waals surface area (Å²) >= 11 is 0. The first kappa shape index (κ1) is 21.1. The Morgan fingerprint density at radius 2 is 1.97 bits per heavy atom. The Labute approximate surface area is 191 Å². The maximum atomic E-state index is 12.4. The van der Waals surface area contributed by atoms with Crippen LogP contribution in [0.4, 0.5) is 5.95 Å². The minimum atomic E-state index is -0.149. The second-order valence-corrected chi connectivity index (χ2v) is 8.27. The van der Waals surface area contributed by atoms with Gasteiger partial charge in [-0.25, -0.2) is 0 Å². The number of hydrogen-bond donors (Lipinski definition) is 2. The van der Waals surface area contributed by atoms with Crippen molar-refractivity contribution in [2.24, 2.45) is 0 Å². The number of aromatic amines is 1. The SMILES string of the molecule is COc1ccccc1C1CCN(c2noc(CCNC(=O)c3cc4ccccc4[nH]3)n2)CC1. The van der Waals surface area contributed by atoms with Gasteiger partial charge in [-0.3, -0.25) is 4.79 Å². The average molecular weight is 446 g/mol. The number of piperidine rings is 1. The number of nitrogens with zero attached hydrogens (tertiary/aromatic N) is 3. The molecule has 0 atom stereocenters. The van der Waals surface area contributed by atoms with Crippen molar-refractivity contribution in [3.05, 3.63) is 71.7 Å². The molecule has 0 aliphatic carbocycles. The number of hydrogen-bond acceptors (Lipinski definition) is 6. The summed E-state index contributed by atoms with van der Waals surface area (Å²) in [4.78, 5) is 22.2. The number of para-hydroxylation sites is 2. The molecule has 0 spiro atoms. The van der Waals surface area contributed by atoms with E-state index in [0.717, 1.165) is 42.6 Å². The van der Waals surface area contributed by atoms with E-state index < -0.39 is 0 Å². The molecule has 2 aromatic heterocycles. The number of ether oxygens (including phenoxy) is 1. The molecule has 8 nitrogen and oxygen atoms in total. The van der Waals surface area contributed by atoms with Crippen LogP contribution in [0.5, 0.6) is 5.75 Å². The zero-order valence-electron chi connectivity index (χ0n) is 18.6. The number of methoxy groups -OCH3 is 1. The summed E-state index contributed by atoms with van der Waals surface area (Å²) in [5.74, 6) is 2.40. The topological polar surface area (TPSA) is 96.3 Å². The van der Waals surface area contributed by atoms with Crippen LogP contribution in [0.2, 0.25) is 0 Å². The Kier molecular flexibility index (Phi) is 5.97. The highest BCUT2D eigenvalue weighted by Gasteiger charge is 2.25. The Balaban J connectivity index is 1.12. The van der Waals surface area contributed by atoms with Crippen molar-refractivity contribution in [2.45, 2.75) is 25.2 Å². The van der Waals surface area contributed by atoms with E-state index in [1.54, 1.807) is 7.11 Å². The summed E-state index contributed by atoms with van der Waals surface area (Å²) in [5, 5.41) is 8.07. The lowest BCUT2D eigenvalue weighted by Crippen LogP contribution is -2.33. The number of carbonyl (C=O) groups excluding carboxylic acids is 1. The normalized spacial score (nSPS) is 14.5. The molecule has 1 aliphatic heterocycles. The highest BCUT2D eigenvalue weighted by Crippen LogP contribution is 2.34. The van der Waals surface area contributed by atoms with Crippen molar-refractivity contribution in [3.8, 4) is 5.75 Å². The molecule has 1 aliphatic rings. The van der Waals surface area contributed by atoms with E-state index in [-0.39, 0.29) is 5.91 Å². The van der Waals surface area contributed by atoms with Gasteiger partial charge in [0.2, 0.25) is 5.89 Å². The largest absolute Gasteiger partial charge is 0.496 e. The van der Waals surface area contributed by atoms with E-state index in [0.29, 0.717) is 36.4 Å². The van der Waals surface area contributed by atoms with Gasteiger partial charge in [-0.15, -0.1) is 0 Å². The summed E-state index contributed by atoms with van der Waals surface area (Å²) < 4.78 is 10.9. The Morgan fingerprint density at radius 3 is 2.79 bits per heavy atom. The van der Waals surface area contributed by atoms with Gasteiger partial charge in [0.25, 0.3) is 11.9 Å². The number of amides is 1. The minimum absolute atomic E-state index is 0.149. The summed E-state index contributed by atoms with van der Waals surface area (Å²) in [7, 11) is 1.72. The first-order valence-corrected chi connectivity index (χ1v) is 11.3. The lowest BCUT2D eigenvalue weighted by Gasteiger charge is -2.31. The third kappa shape index (κ3) is 4.55. The second kappa shape index (κ2) is 9.36. The van der Waals surface area contributed by atoms with Crippen LogP contribution in [0.15, 0.2) is 59.1 Å². The Morgan fingerprint density at radius 1 is 1.18 bits per heavy atom. The monoisotopic (exact) mass is 445 g/mol. The molecule has 4 aromatic rings. The molecule has 2 N–H and O–H groups in total. The zero-order chi connectivity index (χ0) is 22.6. The first-order chi connectivity index (χ1) is 16.2. The average Bonchev–Trinajstić information content (AvgIpc) is 3.51. The zero-order valence-corrected chi connectivity index (χ0v) is 18.6. The summed E-state index contributed by atoms with van der Waals surface area (Å²) in [6, 6.07) is 17.9. The van der Waals surface area contributed by atoms with E-state index in [4.69, 9.17) is 9.26 Å². The minimum Gasteiger partial charge on any atom is -0.496 e. The quantitative estimate of drug-likeness (QED) is 0.448. The molecule has 1 amide bonds. The molecule has 170 valence electrons. The van der Waals surface area contributed by atoms with Crippen molar-refractivity contribution in [3.63, 3.8) is 0 Å². The van der Waals surface area contributed by atoms with Gasteiger partial charge < -0.3 is 24.5 Å². The standard InChI is InChI=1S/C25H27N5O3/c1-32-22-9-5-3-7-19(22)17-11-14-30(15-12-17)25-28-23(33-29-25)10-13-26-24(31)21-16-18-6-2-4-8-20(18)27-21/h2-9,16-17,27H,10-15H2,1H3,(H,26,31). The summed E-state index contributed by atoms with van der Waals surface area (Å²) in [6.07, 6.45) is 2.49. The van der Waals surface area contributed by atoms with Crippen LogP contribution in [0.1, 0.15) is 40.7 Å². The summed E-state index contributed by atoms with van der Waals surface area (Å²) in [5.41, 5.74) is 2.75.